The van der Waals surface area contributed by atoms with Crippen LogP contribution in [0, 0.1) is 0 Å². The van der Waals surface area contributed by atoms with Gasteiger partial charge in [0.1, 0.15) is 5.75 Å². The molecule has 1 heterocycles. The Hall–Kier alpha value is -3.98. The molecule has 0 radical (unpaired) electrons. The summed E-state index contributed by atoms with van der Waals surface area (Å²) >= 11 is 3.42. The number of hydrogen-bond acceptors (Lipinski definition) is 8. The molecule has 0 amide bonds. The van der Waals surface area contributed by atoms with Gasteiger partial charge < -0.3 is 15.4 Å². The van der Waals surface area contributed by atoms with E-state index in [1.807, 2.05) is 78.9 Å². The van der Waals surface area contributed by atoms with Crippen LogP contribution in [0.5, 0.6) is 5.75 Å². The van der Waals surface area contributed by atoms with Gasteiger partial charge in [0.25, 0.3) is 0 Å². The molecule has 8 nitrogen and oxygen atoms in total. The van der Waals surface area contributed by atoms with Gasteiger partial charge in [0.05, 0.1) is 13.3 Å². The molecule has 160 valence electrons. The van der Waals surface area contributed by atoms with Crippen LogP contribution in [0.1, 0.15) is 5.56 Å². The molecule has 0 fully saturated rings. The normalized spacial score (nSPS) is 10.7. The maximum atomic E-state index is 5.20. The van der Waals surface area contributed by atoms with Gasteiger partial charge >= 0.3 is 0 Å². The van der Waals surface area contributed by atoms with Gasteiger partial charge in [-0.3, -0.25) is 0 Å². The van der Waals surface area contributed by atoms with Crippen molar-refractivity contribution in [3.63, 3.8) is 0 Å². The first-order valence-corrected chi connectivity index (χ1v) is 10.5. The molecular formula is C23H20BrN7O. The van der Waals surface area contributed by atoms with Crippen LogP contribution >= 0.6 is 15.9 Å². The minimum absolute atomic E-state index is 0.294. The first kappa shape index (κ1) is 21.3. The molecule has 4 aromatic rings. The minimum atomic E-state index is 0.294. The molecule has 3 N–H and O–H groups in total. The summed E-state index contributed by atoms with van der Waals surface area (Å²) in [6.07, 6.45) is 1.69. The summed E-state index contributed by atoms with van der Waals surface area (Å²) < 4.78 is 6.21. The topological polar surface area (TPSA) is 96.4 Å². The Morgan fingerprint density at radius 2 is 1.34 bits per heavy atom. The van der Waals surface area contributed by atoms with Crippen LogP contribution in [-0.4, -0.2) is 28.3 Å². The number of anilines is 5. The van der Waals surface area contributed by atoms with Crippen molar-refractivity contribution in [1.29, 1.82) is 0 Å². The third kappa shape index (κ3) is 6.02. The molecule has 0 aliphatic rings. The molecule has 0 spiro atoms. The maximum Gasteiger partial charge on any atom is 0.250 e. The van der Waals surface area contributed by atoms with Crippen molar-refractivity contribution in [2.75, 3.05) is 23.2 Å². The van der Waals surface area contributed by atoms with E-state index in [4.69, 9.17) is 4.74 Å². The summed E-state index contributed by atoms with van der Waals surface area (Å²) in [5.41, 5.74) is 5.48. The van der Waals surface area contributed by atoms with E-state index in [0.717, 1.165) is 27.2 Å². The van der Waals surface area contributed by atoms with Crippen LogP contribution in [0.15, 0.2) is 88.4 Å². The van der Waals surface area contributed by atoms with Crippen LogP contribution in [-0.2, 0) is 0 Å². The molecule has 32 heavy (non-hydrogen) atoms. The Balaban J connectivity index is 1.56. The van der Waals surface area contributed by atoms with Gasteiger partial charge in [-0.05, 0) is 54.1 Å². The van der Waals surface area contributed by atoms with Crippen LogP contribution in [0.4, 0.5) is 29.2 Å². The van der Waals surface area contributed by atoms with E-state index in [-0.39, 0.29) is 0 Å². The monoisotopic (exact) mass is 489 g/mol. The quantitative estimate of drug-likeness (QED) is 0.219. The first-order chi connectivity index (χ1) is 15.7. The highest BCUT2D eigenvalue weighted by molar-refractivity contribution is 9.10. The Morgan fingerprint density at radius 3 is 1.97 bits per heavy atom. The van der Waals surface area contributed by atoms with Crippen molar-refractivity contribution < 1.29 is 4.74 Å². The average molecular weight is 490 g/mol. The molecular weight excluding hydrogens is 470 g/mol. The second kappa shape index (κ2) is 10.4. The Bertz CT molecular complexity index is 1180. The van der Waals surface area contributed by atoms with E-state index < -0.39 is 0 Å². The summed E-state index contributed by atoms with van der Waals surface area (Å²) in [5.74, 6) is 1.80. The van der Waals surface area contributed by atoms with Gasteiger partial charge in [-0.15, -0.1) is 0 Å². The zero-order valence-corrected chi connectivity index (χ0v) is 18.7. The molecule has 9 heteroatoms. The number of rotatable bonds is 8. The standard InChI is InChI=1S/C23H20BrN7O/c1-32-20-13-11-19(12-14-20)27-22-28-21(26-18-5-3-2-4-6-18)29-23(30-22)31-25-15-16-7-9-17(24)10-8-16/h2-15H,1H3,(H3,26,27,28,29,30,31)/b25-15+. The van der Waals surface area contributed by atoms with Gasteiger partial charge in [-0.1, -0.05) is 46.3 Å². The average Bonchev–Trinajstić information content (AvgIpc) is 2.81. The number of aromatic nitrogens is 3. The highest BCUT2D eigenvalue weighted by Crippen LogP contribution is 2.20. The largest absolute Gasteiger partial charge is 0.497 e. The smallest absolute Gasteiger partial charge is 0.250 e. The lowest BCUT2D eigenvalue weighted by Gasteiger charge is -2.10. The summed E-state index contributed by atoms with van der Waals surface area (Å²) in [6, 6.07) is 24.9. The predicted molar refractivity (Wildman–Crippen MR) is 131 cm³/mol. The van der Waals surface area contributed by atoms with Gasteiger partial charge in [0, 0.05) is 15.8 Å². The van der Waals surface area contributed by atoms with Gasteiger partial charge in [-0.25, -0.2) is 5.43 Å². The fourth-order valence-corrected chi connectivity index (χ4v) is 2.97. The molecule has 0 saturated carbocycles. The van der Waals surface area contributed by atoms with Gasteiger partial charge in [0.2, 0.25) is 17.8 Å². The molecule has 0 unspecified atom stereocenters. The molecule has 4 rings (SSSR count). The predicted octanol–water partition coefficient (Wildman–Crippen LogP) is 5.58. The molecule has 3 aromatic carbocycles. The molecule has 0 saturated heterocycles. The lowest BCUT2D eigenvalue weighted by atomic mass is 10.2. The summed E-state index contributed by atoms with van der Waals surface area (Å²) in [4.78, 5) is 13.3. The van der Waals surface area contributed by atoms with E-state index in [1.165, 1.54) is 0 Å². The third-order valence-electron chi connectivity index (χ3n) is 4.26. The number of methoxy groups -OCH3 is 1. The van der Waals surface area contributed by atoms with E-state index in [2.05, 4.69) is 52.0 Å². The van der Waals surface area contributed by atoms with Crippen molar-refractivity contribution in [1.82, 2.24) is 15.0 Å². The Kier molecular flexibility index (Phi) is 6.88. The fraction of sp³-hybridized carbons (Fsp3) is 0.0435. The van der Waals surface area contributed by atoms with E-state index in [1.54, 1.807) is 13.3 Å². The minimum Gasteiger partial charge on any atom is -0.497 e. The van der Waals surface area contributed by atoms with Gasteiger partial charge in [-0.2, -0.15) is 20.1 Å². The molecule has 0 bridgehead atoms. The van der Waals surface area contributed by atoms with Crippen molar-refractivity contribution in [2.24, 2.45) is 5.10 Å². The highest BCUT2D eigenvalue weighted by atomic mass is 79.9. The number of nitrogens with zero attached hydrogens (tertiary/aromatic N) is 4. The maximum absolute atomic E-state index is 5.20. The number of para-hydroxylation sites is 1. The van der Waals surface area contributed by atoms with Crippen LogP contribution in [0.2, 0.25) is 0 Å². The van der Waals surface area contributed by atoms with Crippen LogP contribution in [0.3, 0.4) is 0 Å². The summed E-state index contributed by atoms with van der Waals surface area (Å²) in [6.45, 7) is 0. The summed E-state index contributed by atoms with van der Waals surface area (Å²) in [5, 5.41) is 10.6. The fourth-order valence-electron chi connectivity index (χ4n) is 2.71. The molecule has 0 atom stereocenters. The SMILES string of the molecule is COc1ccc(Nc2nc(N/N=C/c3ccc(Br)cc3)nc(Nc3ccccc3)n2)cc1. The van der Waals surface area contributed by atoms with Crippen molar-refractivity contribution in [3.05, 3.63) is 88.9 Å². The van der Waals surface area contributed by atoms with Crippen LogP contribution in [0.25, 0.3) is 0 Å². The first-order valence-electron chi connectivity index (χ1n) is 9.72. The Labute approximate surface area is 193 Å². The van der Waals surface area contributed by atoms with Crippen molar-refractivity contribution in [3.8, 4) is 5.75 Å². The number of benzene rings is 3. The lowest BCUT2D eigenvalue weighted by Crippen LogP contribution is -2.07. The Morgan fingerprint density at radius 1 is 0.750 bits per heavy atom. The van der Waals surface area contributed by atoms with E-state index >= 15 is 0 Å². The molecule has 0 aliphatic carbocycles. The van der Waals surface area contributed by atoms with E-state index in [0.29, 0.717) is 17.8 Å². The number of halogens is 1. The zero-order valence-electron chi connectivity index (χ0n) is 17.2. The second-order valence-corrected chi connectivity index (χ2v) is 7.49. The second-order valence-electron chi connectivity index (χ2n) is 6.57. The molecule has 0 aliphatic heterocycles. The van der Waals surface area contributed by atoms with Gasteiger partial charge in [0.15, 0.2) is 0 Å². The van der Waals surface area contributed by atoms with Crippen LogP contribution < -0.4 is 20.8 Å². The zero-order chi connectivity index (χ0) is 22.2. The number of ether oxygens (including phenoxy) is 1. The number of hydrogen-bond donors (Lipinski definition) is 3. The van der Waals surface area contributed by atoms with Crippen molar-refractivity contribution in [2.45, 2.75) is 0 Å². The number of nitrogens with one attached hydrogen (secondary N) is 3. The molecule has 1 aromatic heterocycles. The summed E-state index contributed by atoms with van der Waals surface area (Å²) in [7, 11) is 1.63. The number of hydrazone groups is 1. The van der Waals surface area contributed by atoms with Crippen molar-refractivity contribution >= 4 is 51.4 Å². The van der Waals surface area contributed by atoms with E-state index in [9.17, 15) is 0 Å². The third-order valence-corrected chi connectivity index (χ3v) is 4.79. The highest BCUT2D eigenvalue weighted by Gasteiger charge is 2.08. The lowest BCUT2D eigenvalue weighted by molar-refractivity contribution is 0.415.